The highest BCUT2D eigenvalue weighted by Gasteiger charge is 2.12. The lowest BCUT2D eigenvalue weighted by atomic mass is 10.00. The van der Waals surface area contributed by atoms with E-state index in [0.717, 1.165) is 23.6 Å². The second kappa shape index (κ2) is 9.92. The molecule has 0 aliphatic heterocycles. The van der Waals surface area contributed by atoms with Gasteiger partial charge >= 0.3 is 5.97 Å². The number of ether oxygens (including phenoxy) is 2. The van der Waals surface area contributed by atoms with Crippen molar-refractivity contribution in [1.82, 2.24) is 0 Å². The van der Waals surface area contributed by atoms with Crippen molar-refractivity contribution in [2.75, 3.05) is 11.9 Å². The Labute approximate surface area is 177 Å². The smallest absolute Gasteiger partial charge is 0.344 e. The lowest BCUT2D eigenvalue weighted by molar-refractivity contribution is -0.149. The number of carbonyl (C=O) groups is 2. The Morgan fingerprint density at radius 3 is 2.57 bits per heavy atom. The standard InChI is InChI=1S/C25H27NO4/c1-4-7-18-12-13-22-19(14-18)8-5-11-23(22)25(28)26-20-9-6-10-21(15-20)29-16-24(27)30-17(2)3/h5-6,8-15,17H,4,7,16H2,1-3H3,(H,26,28). The number of anilines is 1. The molecule has 0 saturated heterocycles. The first kappa shape index (κ1) is 21.4. The van der Waals surface area contributed by atoms with Crippen molar-refractivity contribution in [1.29, 1.82) is 0 Å². The molecule has 0 heterocycles. The van der Waals surface area contributed by atoms with Crippen LogP contribution in [-0.2, 0) is 16.0 Å². The van der Waals surface area contributed by atoms with Gasteiger partial charge in [0.15, 0.2) is 6.61 Å². The van der Waals surface area contributed by atoms with E-state index in [4.69, 9.17) is 9.47 Å². The van der Waals surface area contributed by atoms with Crippen LogP contribution in [0.2, 0.25) is 0 Å². The summed E-state index contributed by atoms with van der Waals surface area (Å²) in [6.45, 7) is 5.54. The topological polar surface area (TPSA) is 64.6 Å². The average molecular weight is 405 g/mol. The summed E-state index contributed by atoms with van der Waals surface area (Å²) in [6.07, 6.45) is 1.91. The molecule has 0 aliphatic carbocycles. The Morgan fingerprint density at radius 1 is 1.00 bits per heavy atom. The summed E-state index contributed by atoms with van der Waals surface area (Å²) in [5.74, 6) is -0.145. The fourth-order valence-corrected chi connectivity index (χ4v) is 3.28. The number of esters is 1. The first-order valence-corrected chi connectivity index (χ1v) is 10.2. The number of amides is 1. The molecule has 1 N–H and O–H groups in total. The molecule has 3 aromatic rings. The molecule has 3 rings (SSSR count). The van der Waals surface area contributed by atoms with E-state index in [0.29, 0.717) is 17.0 Å². The van der Waals surface area contributed by atoms with Crippen LogP contribution >= 0.6 is 0 Å². The molecular formula is C25H27NO4. The summed E-state index contributed by atoms with van der Waals surface area (Å²) in [4.78, 5) is 24.6. The minimum Gasteiger partial charge on any atom is -0.482 e. The third kappa shape index (κ3) is 5.60. The maximum absolute atomic E-state index is 12.9. The molecule has 0 aliphatic rings. The Morgan fingerprint density at radius 2 is 1.80 bits per heavy atom. The van der Waals surface area contributed by atoms with E-state index in [-0.39, 0.29) is 18.6 Å². The van der Waals surface area contributed by atoms with Crippen molar-refractivity contribution in [3.05, 3.63) is 71.8 Å². The number of nitrogens with one attached hydrogen (secondary N) is 1. The number of benzene rings is 3. The molecule has 3 aromatic carbocycles. The maximum Gasteiger partial charge on any atom is 0.344 e. The molecule has 0 bridgehead atoms. The van der Waals surface area contributed by atoms with Crippen LogP contribution in [0.25, 0.3) is 10.8 Å². The van der Waals surface area contributed by atoms with Crippen molar-refractivity contribution in [3.8, 4) is 5.75 Å². The quantitative estimate of drug-likeness (QED) is 0.511. The molecule has 30 heavy (non-hydrogen) atoms. The van der Waals surface area contributed by atoms with Gasteiger partial charge in [0.05, 0.1) is 6.10 Å². The molecule has 0 fully saturated rings. The highest BCUT2D eigenvalue weighted by atomic mass is 16.6. The van der Waals surface area contributed by atoms with Gasteiger partial charge < -0.3 is 14.8 Å². The average Bonchev–Trinajstić information content (AvgIpc) is 2.71. The molecule has 1 amide bonds. The van der Waals surface area contributed by atoms with Crippen molar-refractivity contribution in [3.63, 3.8) is 0 Å². The van der Waals surface area contributed by atoms with Crippen LogP contribution in [0.4, 0.5) is 5.69 Å². The minimum atomic E-state index is -0.433. The van der Waals surface area contributed by atoms with Crippen LogP contribution < -0.4 is 10.1 Å². The fraction of sp³-hybridized carbons (Fsp3) is 0.280. The van der Waals surface area contributed by atoms with Crippen molar-refractivity contribution >= 4 is 28.3 Å². The van der Waals surface area contributed by atoms with E-state index in [2.05, 4.69) is 24.4 Å². The van der Waals surface area contributed by atoms with E-state index < -0.39 is 5.97 Å². The summed E-state index contributed by atoms with van der Waals surface area (Å²) in [7, 11) is 0. The SMILES string of the molecule is CCCc1ccc2c(C(=O)Nc3cccc(OCC(=O)OC(C)C)c3)cccc2c1. The van der Waals surface area contributed by atoms with Gasteiger partial charge in [0, 0.05) is 17.3 Å². The van der Waals surface area contributed by atoms with Gasteiger partial charge in [-0.2, -0.15) is 0 Å². The van der Waals surface area contributed by atoms with E-state index in [1.54, 1.807) is 38.1 Å². The minimum absolute atomic E-state index is 0.182. The normalized spacial score (nSPS) is 10.8. The molecule has 0 unspecified atom stereocenters. The zero-order valence-electron chi connectivity index (χ0n) is 17.6. The van der Waals surface area contributed by atoms with Gasteiger partial charge in [-0.3, -0.25) is 4.79 Å². The van der Waals surface area contributed by atoms with Crippen LogP contribution in [-0.4, -0.2) is 24.6 Å². The first-order chi connectivity index (χ1) is 14.5. The molecule has 0 radical (unpaired) electrons. The number of rotatable bonds is 8. The molecule has 156 valence electrons. The van der Waals surface area contributed by atoms with Gasteiger partial charge in [-0.05, 0) is 54.8 Å². The maximum atomic E-state index is 12.9. The van der Waals surface area contributed by atoms with Crippen LogP contribution in [0.1, 0.15) is 43.1 Å². The highest BCUT2D eigenvalue weighted by Crippen LogP contribution is 2.23. The zero-order chi connectivity index (χ0) is 21.5. The van der Waals surface area contributed by atoms with E-state index in [9.17, 15) is 9.59 Å². The molecule has 0 aromatic heterocycles. The Balaban J connectivity index is 1.72. The van der Waals surface area contributed by atoms with Crippen LogP contribution in [0.3, 0.4) is 0 Å². The molecule has 0 saturated carbocycles. The van der Waals surface area contributed by atoms with Crippen LogP contribution in [0.15, 0.2) is 60.7 Å². The highest BCUT2D eigenvalue weighted by molar-refractivity contribution is 6.13. The third-order valence-corrected chi connectivity index (χ3v) is 4.54. The van der Waals surface area contributed by atoms with Crippen LogP contribution in [0.5, 0.6) is 5.75 Å². The second-order valence-electron chi connectivity index (χ2n) is 7.42. The van der Waals surface area contributed by atoms with E-state index >= 15 is 0 Å². The zero-order valence-corrected chi connectivity index (χ0v) is 17.6. The second-order valence-corrected chi connectivity index (χ2v) is 7.42. The van der Waals surface area contributed by atoms with Crippen molar-refractivity contribution in [2.24, 2.45) is 0 Å². The van der Waals surface area contributed by atoms with Crippen LogP contribution in [0, 0.1) is 0 Å². The largest absolute Gasteiger partial charge is 0.482 e. The van der Waals surface area contributed by atoms with Gasteiger partial charge in [0.25, 0.3) is 5.91 Å². The summed E-state index contributed by atoms with van der Waals surface area (Å²) in [5.41, 5.74) is 2.47. The first-order valence-electron chi connectivity index (χ1n) is 10.2. The third-order valence-electron chi connectivity index (χ3n) is 4.54. The predicted octanol–water partition coefficient (Wildman–Crippen LogP) is 5.38. The number of hydrogen-bond acceptors (Lipinski definition) is 4. The number of carbonyl (C=O) groups excluding carboxylic acids is 2. The van der Waals surface area contributed by atoms with Gasteiger partial charge in [0.2, 0.25) is 0 Å². The number of aryl methyl sites for hydroxylation is 1. The molecule has 0 atom stereocenters. The number of fused-ring (bicyclic) bond motifs is 1. The van der Waals surface area contributed by atoms with Gasteiger partial charge in [-0.15, -0.1) is 0 Å². The van der Waals surface area contributed by atoms with E-state index in [1.807, 2.05) is 24.3 Å². The van der Waals surface area contributed by atoms with Gasteiger partial charge in [-0.1, -0.05) is 49.7 Å². The fourth-order valence-electron chi connectivity index (χ4n) is 3.28. The predicted molar refractivity (Wildman–Crippen MR) is 119 cm³/mol. The molecule has 5 nitrogen and oxygen atoms in total. The molecule has 0 spiro atoms. The summed E-state index contributed by atoms with van der Waals surface area (Å²) in [5, 5.41) is 4.88. The lowest BCUT2D eigenvalue weighted by Crippen LogP contribution is -2.18. The molecule has 5 heteroatoms. The Hall–Kier alpha value is -3.34. The Bertz CT molecular complexity index is 1040. The van der Waals surface area contributed by atoms with E-state index in [1.165, 1.54) is 5.56 Å². The van der Waals surface area contributed by atoms with Crippen molar-refractivity contribution in [2.45, 2.75) is 39.7 Å². The monoisotopic (exact) mass is 405 g/mol. The Kier molecular flexibility index (Phi) is 7.07. The van der Waals surface area contributed by atoms with Gasteiger partial charge in [0.1, 0.15) is 5.75 Å². The summed E-state index contributed by atoms with van der Waals surface area (Å²) in [6, 6.07) is 18.9. The summed E-state index contributed by atoms with van der Waals surface area (Å²) < 4.78 is 10.5. The lowest BCUT2D eigenvalue weighted by Gasteiger charge is -2.12. The van der Waals surface area contributed by atoms with Gasteiger partial charge in [-0.25, -0.2) is 4.79 Å². The molecular weight excluding hydrogens is 378 g/mol. The summed E-state index contributed by atoms with van der Waals surface area (Å²) >= 11 is 0. The number of hydrogen-bond donors (Lipinski definition) is 1. The van der Waals surface area contributed by atoms with Crippen molar-refractivity contribution < 1.29 is 19.1 Å².